The number of benzene rings is 1. The molecule has 1 atom stereocenters. The van der Waals surface area contributed by atoms with E-state index in [0.29, 0.717) is 23.7 Å². The van der Waals surface area contributed by atoms with Gasteiger partial charge in [-0.3, -0.25) is 10.1 Å². The molecule has 0 aromatic heterocycles. The summed E-state index contributed by atoms with van der Waals surface area (Å²) < 4.78 is 4.73. The van der Waals surface area contributed by atoms with Crippen molar-refractivity contribution in [2.45, 2.75) is 18.9 Å². The highest BCUT2D eigenvalue weighted by atomic mass is 35.5. The lowest BCUT2D eigenvalue weighted by molar-refractivity contribution is -0.384. The number of anilines is 1. The molecule has 1 saturated heterocycles. The minimum atomic E-state index is -0.484. The van der Waals surface area contributed by atoms with Crippen LogP contribution in [0.2, 0.25) is 5.02 Å². The Kier molecular flexibility index (Phi) is 3.90. The Labute approximate surface area is 115 Å². The van der Waals surface area contributed by atoms with Gasteiger partial charge < -0.3 is 9.64 Å². The topological polar surface area (TPSA) is 72.7 Å². The highest BCUT2D eigenvalue weighted by molar-refractivity contribution is 6.31. The average Bonchev–Trinajstić information content (AvgIpc) is 2.86. The minimum absolute atomic E-state index is 0.0554. The summed E-state index contributed by atoms with van der Waals surface area (Å²) in [5.74, 6) is -0.383. The van der Waals surface area contributed by atoms with E-state index in [2.05, 4.69) is 0 Å². The fourth-order valence-corrected chi connectivity index (χ4v) is 2.48. The third kappa shape index (κ3) is 2.63. The molecule has 1 unspecified atom stereocenters. The number of carbonyl (C=O) groups excluding carboxylic acids is 1. The lowest BCUT2D eigenvalue weighted by Gasteiger charge is -2.24. The van der Waals surface area contributed by atoms with E-state index in [9.17, 15) is 14.9 Å². The van der Waals surface area contributed by atoms with Crippen molar-refractivity contribution in [3.8, 4) is 0 Å². The summed E-state index contributed by atoms with van der Waals surface area (Å²) in [7, 11) is 1.31. The molecule has 102 valence electrons. The van der Waals surface area contributed by atoms with Crippen molar-refractivity contribution in [1.29, 1.82) is 0 Å². The summed E-state index contributed by atoms with van der Waals surface area (Å²) in [6.07, 6.45) is 1.40. The summed E-state index contributed by atoms with van der Waals surface area (Å²) in [4.78, 5) is 24.0. The van der Waals surface area contributed by atoms with Crippen LogP contribution in [0.1, 0.15) is 12.8 Å². The molecule has 7 heteroatoms. The number of esters is 1. The maximum atomic E-state index is 11.7. The van der Waals surface area contributed by atoms with Gasteiger partial charge in [-0.25, -0.2) is 4.79 Å². The predicted molar refractivity (Wildman–Crippen MR) is 70.5 cm³/mol. The van der Waals surface area contributed by atoms with Crippen LogP contribution in [-0.4, -0.2) is 30.6 Å². The zero-order chi connectivity index (χ0) is 14.0. The standard InChI is InChI=1S/C12H13ClN2O4/c1-19-12(16)10-3-2-6-14(10)11-7-8(13)4-5-9(11)15(17)18/h4-5,7,10H,2-3,6H2,1H3. The van der Waals surface area contributed by atoms with Gasteiger partial charge in [0.2, 0.25) is 0 Å². The number of nitro benzene ring substituents is 1. The largest absolute Gasteiger partial charge is 0.467 e. The Morgan fingerprint density at radius 3 is 2.95 bits per heavy atom. The molecular formula is C12H13ClN2O4. The first-order valence-electron chi connectivity index (χ1n) is 5.83. The van der Waals surface area contributed by atoms with Crippen LogP contribution >= 0.6 is 11.6 Å². The van der Waals surface area contributed by atoms with Crippen LogP contribution in [0.25, 0.3) is 0 Å². The molecule has 1 aromatic rings. The van der Waals surface area contributed by atoms with E-state index in [4.69, 9.17) is 16.3 Å². The maximum Gasteiger partial charge on any atom is 0.328 e. The second-order valence-electron chi connectivity index (χ2n) is 4.26. The molecule has 6 nitrogen and oxygen atoms in total. The van der Waals surface area contributed by atoms with Gasteiger partial charge in [0.05, 0.1) is 12.0 Å². The fraction of sp³-hybridized carbons (Fsp3) is 0.417. The molecule has 1 fully saturated rings. The molecule has 0 aliphatic carbocycles. The van der Waals surface area contributed by atoms with Crippen LogP contribution in [-0.2, 0) is 9.53 Å². The minimum Gasteiger partial charge on any atom is -0.467 e. The molecular weight excluding hydrogens is 272 g/mol. The quantitative estimate of drug-likeness (QED) is 0.484. The van der Waals surface area contributed by atoms with E-state index >= 15 is 0 Å². The first kappa shape index (κ1) is 13.6. The van der Waals surface area contributed by atoms with Crippen molar-refractivity contribution in [3.63, 3.8) is 0 Å². The van der Waals surface area contributed by atoms with Crippen LogP contribution in [0.15, 0.2) is 18.2 Å². The number of hydrogen-bond donors (Lipinski definition) is 0. The summed E-state index contributed by atoms with van der Waals surface area (Å²) in [6.45, 7) is 0.570. The lowest BCUT2D eigenvalue weighted by Crippen LogP contribution is -2.37. The Morgan fingerprint density at radius 2 is 2.32 bits per heavy atom. The van der Waals surface area contributed by atoms with E-state index in [-0.39, 0.29) is 11.7 Å². The highest BCUT2D eigenvalue weighted by Gasteiger charge is 2.35. The van der Waals surface area contributed by atoms with Crippen molar-refractivity contribution in [3.05, 3.63) is 33.3 Å². The molecule has 1 aliphatic heterocycles. The van der Waals surface area contributed by atoms with Crippen molar-refractivity contribution in [2.24, 2.45) is 0 Å². The summed E-state index contributed by atoms with van der Waals surface area (Å²) >= 11 is 5.90. The molecule has 0 amide bonds. The van der Waals surface area contributed by atoms with Gasteiger partial charge in [0.15, 0.2) is 0 Å². The van der Waals surface area contributed by atoms with Gasteiger partial charge in [0.1, 0.15) is 11.7 Å². The number of ether oxygens (including phenoxy) is 1. The van der Waals surface area contributed by atoms with Crippen molar-refractivity contribution < 1.29 is 14.5 Å². The molecule has 19 heavy (non-hydrogen) atoms. The summed E-state index contributed by atoms with van der Waals surface area (Å²) in [5.41, 5.74) is 0.311. The molecule has 1 heterocycles. The van der Waals surface area contributed by atoms with Gasteiger partial charge in [-0.1, -0.05) is 11.6 Å². The number of halogens is 1. The first-order valence-corrected chi connectivity index (χ1v) is 6.21. The molecule has 0 radical (unpaired) electrons. The maximum absolute atomic E-state index is 11.7. The van der Waals surface area contributed by atoms with Gasteiger partial charge in [-0.15, -0.1) is 0 Å². The first-order chi connectivity index (χ1) is 9.04. The molecule has 1 aliphatic rings. The monoisotopic (exact) mass is 284 g/mol. The van der Waals surface area contributed by atoms with Crippen LogP contribution in [0, 0.1) is 10.1 Å². The second kappa shape index (κ2) is 5.44. The zero-order valence-corrected chi connectivity index (χ0v) is 11.1. The molecule has 0 spiro atoms. The van der Waals surface area contributed by atoms with Crippen molar-refractivity contribution >= 4 is 28.9 Å². The molecule has 0 bridgehead atoms. The van der Waals surface area contributed by atoms with Crippen molar-refractivity contribution in [2.75, 3.05) is 18.6 Å². The number of hydrogen-bond acceptors (Lipinski definition) is 5. The van der Waals surface area contributed by atoms with Crippen LogP contribution in [0.3, 0.4) is 0 Å². The van der Waals surface area contributed by atoms with Gasteiger partial charge in [-0.2, -0.15) is 0 Å². The molecule has 0 saturated carbocycles. The van der Waals surface area contributed by atoms with Crippen LogP contribution < -0.4 is 4.90 Å². The molecule has 1 aromatic carbocycles. The Hall–Kier alpha value is -1.82. The third-order valence-electron chi connectivity index (χ3n) is 3.17. The molecule has 0 N–H and O–H groups in total. The van der Waals surface area contributed by atoms with Gasteiger partial charge in [0, 0.05) is 17.6 Å². The van der Waals surface area contributed by atoms with Crippen LogP contribution in [0.4, 0.5) is 11.4 Å². The zero-order valence-electron chi connectivity index (χ0n) is 10.3. The SMILES string of the molecule is COC(=O)C1CCCN1c1cc(Cl)ccc1[N+](=O)[O-]. The number of methoxy groups -OCH3 is 1. The van der Waals surface area contributed by atoms with Gasteiger partial charge >= 0.3 is 5.97 Å². The lowest BCUT2D eigenvalue weighted by atomic mass is 10.2. The van der Waals surface area contributed by atoms with E-state index < -0.39 is 11.0 Å². The fourth-order valence-electron chi connectivity index (χ4n) is 2.32. The van der Waals surface area contributed by atoms with E-state index in [1.54, 1.807) is 4.90 Å². The van der Waals surface area contributed by atoms with E-state index in [1.165, 1.54) is 25.3 Å². The normalized spacial score (nSPS) is 18.4. The van der Waals surface area contributed by atoms with E-state index in [0.717, 1.165) is 6.42 Å². The second-order valence-corrected chi connectivity index (χ2v) is 4.70. The summed E-state index contributed by atoms with van der Waals surface area (Å²) in [6, 6.07) is 3.85. The Bertz CT molecular complexity index is 520. The van der Waals surface area contributed by atoms with Crippen LogP contribution in [0.5, 0.6) is 0 Å². The third-order valence-corrected chi connectivity index (χ3v) is 3.40. The number of rotatable bonds is 3. The Morgan fingerprint density at radius 1 is 1.58 bits per heavy atom. The van der Waals surface area contributed by atoms with E-state index in [1.807, 2.05) is 0 Å². The highest BCUT2D eigenvalue weighted by Crippen LogP contribution is 2.35. The Balaban J connectivity index is 2.42. The smallest absolute Gasteiger partial charge is 0.328 e. The predicted octanol–water partition coefficient (Wildman–Crippen LogP) is 2.39. The van der Waals surface area contributed by atoms with Gasteiger partial charge in [0.25, 0.3) is 5.69 Å². The van der Waals surface area contributed by atoms with Gasteiger partial charge in [-0.05, 0) is 25.0 Å². The summed E-state index contributed by atoms with van der Waals surface area (Å²) in [5, 5.41) is 11.5. The number of nitro groups is 1. The molecule has 2 rings (SSSR count). The number of carbonyl (C=O) groups is 1. The average molecular weight is 285 g/mol. The number of nitrogens with zero attached hydrogens (tertiary/aromatic N) is 2. The van der Waals surface area contributed by atoms with Crippen molar-refractivity contribution in [1.82, 2.24) is 0 Å².